The van der Waals surface area contributed by atoms with E-state index >= 15 is 0 Å². The average Bonchev–Trinajstić information content (AvgIpc) is 2.89. The first kappa shape index (κ1) is 26.7. The summed E-state index contributed by atoms with van der Waals surface area (Å²) in [5.41, 5.74) is 2.01. The Balaban J connectivity index is 1.46. The molecule has 0 spiro atoms. The number of aromatic amines is 1. The van der Waals surface area contributed by atoms with E-state index in [9.17, 15) is 31.9 Å². The van der Waals surface area contributed by atoms with Crippen LogP contribution in [0.1, 0.15) is 32.7 Å². The van der Waals surface area contributed by atoms with Crippen LogP contribution >= 0.6 is 0 Å². The van der Waals surface area contributed by atoms with Gasteiger partial charge in [-0.1, -0.05) is 11.1 Å². The smallest absolute Gasteiger partial charge is 0.332 e. The lowest BCUT2D eigenvalue weighted by molar-refractivity contribution is -0.862. The maximum atomic E-state index is 14.6. The monoisotopic (exact) mass is 535 g/mol. The first-order valence-corrected chi connectivity index (χ1v) is 11.5. The third-order valence-electron chi connectivity index (χ3n) is 6.22. The van der Waals surface area contributed by atoms with E-state index in [4.69, 9.17) is 0 Å². The van der Waals surface area contributed by atoms with Crippen LogP contribution < -0.4 is 20.0 Å². The highest BCUT2D eigenvalue weighted by Crippen LogP contribution is 2.19. The minimum atomic E-state index is -5.19. The second-order valence-corrected chi connectivity index (χ2v) is 8.64. The summed E-state index contributed by atoms with van der Waals surface area (Å²) >= 11 is 0. The Labute approximate surface area is 213 Å². The molecule has 0 radical (unpaired) electrons. The van der Waals surface area contributed by atoms with Crippen LogP contribution in [0.15, 0.2) is 41.5 Å². The number of rotatable bonds is 5. The molecule has 1 aliphatic heterocycles. The third kappa shape index (κ3) is 5.63. The van der Waals surface area contributed by atoms with Crippen molar-refractivity contribution in [3.63, 3.8) is 0 Å². The predicted molar refractivity (Wildman–Crippen MR) is 124 cm³/mol. The molecule has 1 aliphatic rings. The van der Waals surface area contributed by atoms with E-state index in [0.29, 0.717) is 27.1 Å². The van der Waals surface area contributed by atoms with E-state index in [2.05, 4.69) is 20.0 Å². The number of hydrogen-bond donors (Lipinski definition) is 1. The van der Waals surface area contributed by atoms with Crippen LogP contribution in [0.3, 0.4) is 0 Å². The molecule has 0 aliphatic carbocycles. The SMILES string of the molecule is Cc1c(Cc2ccc(F)c(C(=O)N3CCN(c4nccc[n+]4OC(=O)C(F)(F)F)CC3)c2)n[nH]c(=O)c1C. The number of benzene rings is 1. The minimum absolute atomic E-state index is 0.0514. The average molecular weight is 535 g/mol. The molecule has 0 atom stereocenters. The Morgan fingerprint density at radius 1 is 1.13 bits per heavy atom. The zero-order valence-electron chi connectivity index (χ0n) is 20.4. The van der Waals surface area contributed by atoms with Crippen LogP contribution in [-0.2, 0) is 11.2 Å². The van der Waals surface area contributed by atoms with Crippen LogP contribution in [0.5, 0.6) is 0 Å². The molecule has 1 amide bonds. The molecule has 1 saturated heterocycles. The standard InChI is InChI=1S/C24H22F4N6O4/c1-14-15(2)20(35)31-30-19(14)13-16-4-5-18(25)17(12-16)21(36)32-8-10-33(11-9-32)23-29-6-3-7-34(23)38-22(37)24(26,27)28/h3-7,12H,8-11,13H2,1-2H3/p+1. The number of aromatic nitrogens is 4. The van der Waals surface area contributed by atoms with Gasteiger partial charge in [0.25, 0.3) is 11.5 Å². The van der Waals surface area contributed by atoms with E-state index in [-0.39, 0.29) is 49.7 Å². The number of amides is 1. The number of halogens is 4. The van der Waals surface area contributed by atoms with Gasteiger partial charge < -0.3 is 4.90 Å². The lowest BCUT2D eigenvalue weighted by Gasteiger charge is -2.31. The summed E-state index contributed by atoms with van der Waals surface area (Å²) in [6.45, 7) is 3.96. The van der Waals surface area contributed by atoms with Crippen molar-refractivity contribution in [2.75, 3.05) is 31.1 Å². The van der Waals surface area contributed by atoms with Gasteiger partial charge in [-0.2, -0.15) is 18.3 Å². The number of alkyl halides is 3. The zero-order chi connectivity index (χ0) is 27.6. The van der Waals surface area contributed by atoms with Crippen LogP contribution in [0, 0.1) is 19.7 Å². The molecule has 14 heteroatoms. The van der Waals surface area contributed by atoms with Crippen molar-refractivity contribution < 1.29 is 36.7 Å². The first-order valence-electron chi connectivity index (χ1n) is 11.5. The number of carbonyl (C=O) groups is 2. The quantitative estimate of drug-likeness (QED) is 0.387. The fraction of sp³-hybridized carbons (Fsp3) is 0.333. The molecular formula is C24H23F4N6O4+. The van der Waals surface area contributed by atoms with Crippen molar-refractivity contribution in [3.05, 3.63) is 80.8 Å². The molecule has 0 unspecified atom stereocenters. The number of hydrogen-bond acceptors (Lipinski definition) is 7. The molecule has 1 fully saturated rings. The summed E-state index contributed by atoms with van der Waals surface area (Å²) in [4.78, 5) is 47.5. The van der Waals surface area contributed by atoms with Crippen molar-refractivity contribution in [2.24, 2.45) is 0 Å². The molecular weight excluding hydrogens is 512 g/mol. The van der Waals surface area contributed by atoms with Gasteiger partial charge in [0.2, 0.25) is 0 Å². The van der Waals surface area contributed by atoms with E-state index in [1.807, 2.05) is 0 Å². The predicted octanol–water partition coefficient (Wildman–Crippen LogP) is 1.28. The van der Waals surface area contributed by atoms with Crippen molar-refractivity contribution in [2.45, 2.75) is 26.4 Å². The molecule has 3 aromatic rings. The summed E-state index contributed by atoms with van der Waals surface area (Å²) in [6, 6.07) is 5.47. The second kappa shape index (κ2) is 10.6. The highest BCUT2D eigenvalue weighted by Gasteiger charge is 2.44. The minimum Gasteiger partial charge on any atom is -0.332 e. The van der Waals surface area contributed by atoms with Gasteiger partial charge in [0.15, 0.2) is 0 Å². The summed E-state index contributed by atoms with van der Waals surface area (Å²) in [5.74, 6) is -3.71. The molecule has 0 saturated carbocycles. The Kier molecular flexibility index (Phi) is 7.41. The van der Waals surface area contributed by atoms with Gasteiger partial charge in [0.05, 0.1) is 37.4 Å². The van der Waals surface area contributed by atoms with Gasteiger partial charge in [0, 0.05) is 18.1 Å². The molecule has 200 valence electrons. The van der Waals surface area contributed by atoms with Crippen LogP contribution in [0.2, 0.25) is 0 Å². The number of nitrogens with zero attached hydrogens (tertiary/aromatic N) is 5. The van der Waals surface area contributed by atoms with Gasteiger partial charge in [-0.15, -0.1) is 0 Å². The normalized spacial score (nSPS) is 13.9. The van der Waals surface area contributed by atoms with E-state index in [0.717, 1.165) is 6.20 Å². The lowest BCUT2D eigenvalue weighted by Crippen LogP contribution is -2.57. The third-order valence-corrected chi connectivity index (χ3v) is 6.22. The van der Waals surface area contributed by atoms with Gasteiger partial charge in [-0.3, -0.25) is 19.3 Å². The van der Waals surface area contributed by atoms with Crippen LogP contribution in [-0.4, -0.2) is 64.3 Å². The second-order valence-electron chi connectivity index (χ2n) is 8.64. The largest absolute Gasteiger partial charge is 0.495 e. The number of anilines is 1. The molecule has 0 bridgehead atoms. The Hall–Kier alpha value is -4.36. The zero-order valence-corrected chi connectivity index (χ0v) is 20.4. The first-order chi connectivity index (χ1) is 18.0. The van der Waals surface area contributed by atoms with Gasteiger partial charge >= 0.3 is 18.1 Å². The molecule has 3 heterocycles. The van der Waals surface area contributed by atoms with Gasteiger partial charge in [0.1, 0.15) is 18.2 Å². The summed E-state index contributed by atoms with van der Waals surface area (Å²) in [6.07, 6.45) is -2.47. The van der Waals surface area contributed by atoms with Crippen LogP contribution in [0.25, 0.3) is 0 Å². The maximum Gasteiger partial charge on any atom is 0.495 e. The maximum absolute atomic E-state index is 14.6. The summed E-state index contributed by atoms with van der Waals surface area (Å²) in [5, 5.41) is 6.48. The van der Waals surface area contributed by atoms with Crippen molar-refractivity contribution in [1.82, 2.24) is 20.1 Å². The summed E-state index contributed by atoms with van der Waals surface area (Å²) in [7, 11) is 0. The molecule has 1 N–H and O–H groups in total. The highest BCUT2D eigenvalue weighted by atomic mass is 19.4. The van der Waals surface area contributed by atoms with Crippen molar-refractivity contribution in [1.29, 1.82) is 0 Å². The van der Waals surface area contributed by atoms with E-state index in [1.54, 1.807) is 18.7 Å². The molecule has 38 heavy (non-hydrogen) atoms. The molecule has 1 aromatic carbocycles. The molecule has 4 rings (SSSR count). The molecule has 10 nitrogen and oxygen atoms in total. The molecule has 2 aromatic heterocycles. The fourth-order valence-corrected chi connectivity index (χ4v) is 3.95. The Morgan fingerprint density at radius 2 is 1.84 bits per heavy atom. The fourth-order valence-electron chi connectivity index (χ4n) is 3.95. The number of piperazine rings is 1. The van der Waals surface area contributed by atoms with Gasteiger partial charge in [-0.05, 0) is 41.8 Å². The van der Waals surface area contributed by atoms with Gasteiger partial charge in [-0.25, -0.2) is 14.3 Å². The highest BCUT2D eigenvalue weighted by molar-refractivity contribution is 5.95. The van der Waals surface area contributed by atoms with Crippen LogP contribution in [0.4, 0.5) is 23.5 Å². The Morgan fingerprint density at radius 3 is 2.53 bits per heavy atom. The number of carbonyl (C=O) groups excluding carboxylic acids is 2. The number of H-pyrrole nitrogens is 1. The van der Waals surface area contributed by atoms with E-state index in [1.165, 1.54) is 35.4 Å². The number of nitrogens with one attached hydrogen (secondary N) is 1. The topological polar surface area (TPSA) is 112 Å². The Bertz CT molecular complexity index is 1430. The summed E-state index contributed by atoms with van der Waals surface area (Å²) < 4.78 is 53.2. The lowest BCUT2D eigenvalue weighted by atomic mass is 10.0. The van der Waals surface area contributed by atoms with E-state index < -0.39 is 23.9 Å². The van der Waals surface area contributed by atoms with Crippen molar-refractivity contribution in [3.8, 4) is 0 Å². The van der Waals surface area contributed by atoms with Crippen molar-refractivity contribution >= 4 is 17.8 Å².